The largest absolute Gasteiger partial charge is 0.350 e. The van der Waals surface area contributed by atoms with Crippen LogP contribution >= 0.6 is 11.3 Å². The molecule has 1 aromatic rings. The third kappa shape index (κ3) is 3.26. The Hall–Kier alpha value is -0.940. The molecule has 5 heteroatoms. The molecular weight excluding hydrogens is 234 g/mol. The quantitative estimate of drug-likeness (QED) is 0.853. The number of thiazole rings is 1. The zero-order valence-corrected chi connectivity index (χ0v) is 10.9. The predicted octanol–water partition coefficient (Wildman–Crippen LogP) is 1.45. The standard InChI is InChI=1S/C12H19N3OS/c1-2-11-15-10(7-17-11)6-14-12(16)8-3-4-9(13)5-8/h7-9H,2-6,13H2,1H3,(H,14,16). The molecule has 1 fully saturated rings. The first-order valence-corrected chi connectivity index (χ1v) is 7.03. The van der Waals surface area contributed by atoms with E-state index in [0.29, 0.717) is 6.54 Å². The lowest BCUT2D eigenvalue weighted by Gasteiger charge is -2.09. The zero-order valence-electron chi connectivity index (χ0n) is 10.1. The molecule has 0 bridgehead atoms. The highest BCUT2D eigenvalue weighted by Gasteiger charge is 2.27. The van der Waals surface area contributed by atoms with Gasteiger partial charge in [-0.1, -0.05) is 6.92 Å². The number of carbonyl (C=O) groups is 1. The number of aromatic nitrogens is 1. The van der Waals surface area contributed by atoms with E-state index >= 15 is 0 Å². The summed E-state index contributed by atoms with van der Waals surface area (Å²) in [6.45, 7) is 2.63. The third-order valence-electron chi connectivity index (χ3n) is 3.19. The van der Waals surface area contributed by atoms with E-state index in [9.17, 15) is 4.79 Å². The number of amides is 1. The SMILES string of the molecule is CCc1nc(CNC(=O)C2CCC(N)C2)cs1. The van der Waals surface area contributed by atoms with E-state index in [1.165, 1.54) is 0 Å². The van der Waals surface area contributed by atoms with Gasteiger partial charge in [-0.05, 0) is 25.7 Å². The molecule has 2 unspecified atom stereocenters. The van der Waals surface area contributed by atoms with Gasteiger partial charge in [-0.2, -0.15) is 0 Å². The van der Waals surface area contributed by atoms with Crippen LogP contribution in [0.3, 0.4) is 0 Å². The summed E-state index contributed by atoms with van der Waals surface area (Å²) in [5.74, 6) is 0.235. The summed E-state index contributed by atoms with van der Waals surface area (Å²) < 4.78 is 0. The molecule has 17 heavy (non-hydrogen) atoms. The highest BCUT2D eigenvalue weighted by Crippen LogP contribution is 2.24. The number of hydrogen-bond donors (Lipinski definition) is 2. The predicted molar refractivity (Wildman–Crippen MR) is 68.7 cm³/mol. The van der Waals surface area contributed by atoms with Crippen molar-refractivity contribution in [2.45, 2.75) is 45.2 Å². The zero-order chi connectivity index (χ0) is 12.3. The first kappa shape index (κ1) is 12.5. The van der Waals surface area contributed by atoms with Crippen LogP contribution in [0.25, 0.3) is 0 Å². The van der Waals surface area contributed by atoms with Crippen LogP contribution in [0.1, 0.15) is 36.9 Å². The summed E-state index contributed by atoms with van der Waals surface area (Å²) in [4.78, 5) is 16.3. The minimum Gasteiger partial charge on any atom is -0.350 e. The van der Waals surface area contributed by atoms with Crippen LogP contribution in [0.2, 0.25) is 0 Å². The summed E-state index contributed by atoms with van der Waals surface area (Å²) in [5, 5.41) is 6.08. The van der Waals surface area contributed by atoms with Crippen molar-refractivity contribution < 1.29 is 4.79 Å². The van der Waals surface area contributed by atoms with Gasteiger partial charge in [0.25, 0.3) is 0 Å². The maximum atomic E-state index is 11.8. The van der Waals surface area contributed by atoms with Gasteiger partial charge in [0.15, 0.2) is 0 Å². The Morgan fingerprint density at radius 1 is 1.65 bits per heavy atom. The van der Waals surface area contributed by atoms with Crippen LogP contribution in [0.5, 0.6) is 0 Å². The van der Waals surface area contributed by atoms with Gasteiger partial charge in [-0.25, -0.2) is 4.98 Å². The van der Waals surface area contributed by atoms with Crippen molar-refractivity contribution in [3.8, 4) is 0 Å². The van der Waals surface area contributed by atoms with Gasteiger partial charge in [-0.15, -0.1) is 11.3 Å². The van der Waals surface area contributed by atoms with Crippen molar-refractivity contribution in [1.29, 1.82) is 0 Å². The van der Waals surface area contributed by atoms with Gasteiger partial charge < -0.3 is 11.1 Å². The summed E-state index contributed by atoms with van der Waals surface area (Å²) >= 11 is 1.65. The molecule has 1 saturated carbocycles. The van der Waals surface area contributed by atoms with Crippen molar-refractivity contribution in [2.75, 3.05) is 0 Å². The second kappa shape index (κ2) is 5.60. The molecule has 0 saturated heterocycles. The van der Waals surface area contributed by atoms with Gasteiger partial charge in [0.2, 0.25) is 5.91 Å². The number of aryl methyl sites for hydroxylation is 1. The van der Waals surface area contributed by atoms with Gasteiger partial charge in [0, 0.05) is 17.3 Å². The van der Waals surface area contributed by atoms with Crippen LogP contribution in [-0.2, 0) is 17.8 Å². The van der Waals surface area contributed by atoms with Crippen LogP contribution in [0.15, 0.2) is 5.38 Å². The topological polar surface area (TPSA) is 68.0 Å². The lowest BCUT2D eigenvalue weighted by atomic mass is 10.1. The molecular formula is C12H19N3OS. The van der Waals surface area contributed by atoms with Crippen LogP contribution in [0.4, 0.5) is 0 Å². The molecule has 0 radical (unpaired) electrons. The number of rotatable bonds is 4. The van der Waals surface area contributed by atoms with Crippen molar-refractivity contribution >= 4 is 17.2 Å². The third-order valence-corrected chi connectivity index (χ3v) is 4.23. The molecule has 1 aliphatic rings. The first-order valence-electron chi connectivity index (χ1n) is 6.15. The van der Waals surface area contributed by atoms with Crippen LogP contribution in [0, 0.1) is 5.92 Å². The highest BCUT2D eigenvalue weighted by atomic mass is 32.1. The van der Waals surface area contributed by atoms with E-state index in [1.54, 1.807) is 11.3 Å². The van der Waals surface area contributed by atoms with E-state index in [2.05, 4.69) is 17.2 Å². The first-order chi connectivity index (χ1) is 8.19. The monoisotopic (exact) mass is 253 g/mol. The Kier molecular flexibility index (Phi) is 4.12. The van der Waals surface area contributed by atoms with E-state index < -0.39 is 0 Å². The second-order valence-corrected chi connectivity index (χ2v) is 5.52. The van der Waals surface area contributed by atoms with E-state index in [-0.39, 0.29) is 17.9 Å². The molecule has 94 valence electrons. The normalized spacial score (nSPS) is 23.9. The van der Waals surface area contributed by atoms with Crippen molar-refractivity contribution in [3.63, 3.8) is 0 Å². The number of hydrogen-bond acceptors (Lipinski definition) is 4. The number of nitrogens with one attached hydrogen (secondary N) is 1. The lowest BCUT2D eigenvalue weighted by molar-refractivity contribution is -0.125. The molecule has 2 rings (SSSR count). The number of carbonyl (C=O) groups excluding carboxylic acids is 1. The summed E-state index contributed by atoms with van der Waals surface area (Å²) in [6.07, 6.45) is 3.66. The Morgan fingerprint density at radius 3 is 3.06 bits per heavy atom. The Bertz CT molecular complexity index is 391. The average Bonchev–Trinajstić information content (AvgIpc) is 2.94. The van der Waals surface area contributed by atoms with Gasteiger partial charge in [-0.3, -0.25) is 4.79 Å². The maximum absolute atomic E-state index is 11.8. The summed E-state index contributed by atoms with van der Waals surface area (Å²) in [6, 6.07) is 0.205. The fourth-order valence-electron chi connectivity index (χ4n) is 2.17. The molecule has 0 aromatic carbocycles. The summed E-state index contributed by atoms with van der Waals surface area (Å²) in [5.41, 5.74) is 6.76. The number of nitrogens with zero attached hydrogens (tertiary/aromatic N) is 1. The molecule has 1 aromatic heterocycles. The lowest BCUT2D eigenvalue weighted by Crippen LogP contribution is -2.30. The number of nitrogens with two attached hydrogens (primary N) is 1. The average molecular weight is 253 g/mol. The van der Waals surface area contributed by atoms with Crippen LogP contribution < -0.4 is 11.1 Å². The molecule has 2 atom stereocenters. The van der Waals surface area contributed by atoms with Gasteiger partial charge in [0.1, 0.15) is 0 Å². The minimum atomic E-state index is 0.106. The molecule has 0 aliphatic heterocycles. The summed E-state index contributed by atoms with van der Waals surface area (Å²) in [7, 11) is 0. The van der Waals surface area contributed by atoms with Gasteiger partial charge >= 0.3 is 0 Å². The fraction of sp³-hybridized carbons (Fsp3) is 0.667. The van der Waals surface area contributed by atoms with E-state index in [4.69, 9.17) is 5.73 Å². The molecule has 3 N–H and O–H groups in total. The van der Waals surface area contributed by atoms with E-state index in [1.807, 2.05) is 5.38 Å². The smallest absolute Gasteiger partial charge is 0.223 e. The fourth-order valence-corrected chi connectivity index (χ4v) is 2.91. The second-order valence-electron chi connectivity index (χ2n) is 4.57. The maximum Gasteiger partial charge on any atom is 0.223 e. The Labute approximate surface area is 106 Å². The highest BCUT2D eigenvalue weighted by molar-refractivity contribution is 7.09. The van der Waals surface area contributed by atoms with Gasteiger partial charge in [0.05, 0.1) is 17.2 Å². The molecule has 0 spiro atoms. The molecule has 1 heterocycles. The Balaban J connectivity index is 1.79. The van der Waals surface area contributed by atoms with Crippen molar-refractivity contribution in [3.05, 3.63) is 16.1 Å². The van der Waals surface area contributed by atoms with E-state index in [0.717, 1.165) is 36.4 Å². The molecule has 1 aliphatic carbocycles. The minimum absolute atomic E-state index is 0.106. The van der Waals surface area contributed by atoms with Crippen LogP contribution in [-0.4, -0.2) is 16.9 Å². The Morgan fingerprint density at radius 2 is 2.47 bits per heavy atom. The molecule has 1 amide bonds. The van der Waals surface area contributed by atoms with Crippen molar-refractivity contribution in [1.82, 2.24) is 10.3 Å². The molecule has 4 nitrogen and oxygen atoms in total. The van der Waals surface area contributed by atoms with Crippen molar-refractivity contribution in [2.24, 2.45) is 11.7 Å².